The molecule has 0 unspecified atom stereocenters. The van der Waals surface area contributed by atoms with E-state index >= 15 is 0 Å². The molecule has 5 nitrogen and oxygen atoms in total. The molecule has 0 aromatic heterocycles. The molecular formula is C22H15Cl2NO4. The van der Waals surface area contributed by atoms with E-state index < -0.39 is 6.10 Å². The molecule has 1 saturated heterocycles. The van der Waals surface area contributed by atoms with Crippen LogP contribution in [0.15, 0.2) is 66.7 Å². The van der Waals surface area contributed by atoms with E-state index in [4.69, 9.17) is 37.4 Å². The number of nitrogens with zero attached hydrogens (tertiary/aromatic N) is 1. The van der Waals surface area contributed by atoms with Crippen molar-refractivity contribution in [2.75, 3.05) is 11.7 Å². The van der Waals surface area contributed by atoms with Crippen LogP contribution in [-0.4, -0.2) is 18.8 Å². The van der Waals surface area contributed by atoms with Crippen LogP contribution in [0.3, 0.4) is 0 Å². The monoisotopic (exact) mass is 427 g/mol. The molecule has 7 heteroatoms. The van der Waals surface area contributed by atoms with E-state index in [0.717, 1.165) is 5.56 Å². The number of β-lactam (4-membered cyclic amide) rings is 1. The predicted octanol–water partition coefficient (Wildman–Crippen LogP) is 5.26. The fraction of sp³-hybridized carbons (Fsp3) is 0.136. The van der Waals surface area contributed by atoms with Crippen LogP contribution in [0.25, 0.3) is 0 Å². The second-order valence-corrected chi connectivity index (χ2v) is 7.61. The van der Waals surface area contributed by atoms with E-state index in [1.54, 1.807) is 41.3 Å². The summed E-state index contributed by atoms with van der Waals surface area (Å²) in [5.74, 6) is 1.76. The maximum absolute atomic E-state index is 13.0. The minimum Gasteiger partial charge on any atom is -0.478 e. The highest BCUT2D eigenvalue weighted by atomic mass is 35.5. The maximum Gasteiger partial charge on any atom is 0.271 e. The number of fused-ring (bicyclic) bond motifs is 1. The van der Waals surface area contributed by atoms with Crippen molar-refractivity contribution in [3.8, 4) is 17.2 Å². The highest BCUT2D eigenvalue weighted by molar-refractivity contribution is 6.31. The molecule has 1 amide bonds. The first kappa shape index (κ1) is 18.2. The van der Waals surface area contributed by atoms with Crippen molar-refractivity contribution in [3.05, 3.63) is 82.3 Å². The lowest BCUT2D eigenvalue weighted by molar-refractivity contribution is -0.135. The summed E-state index contributed by atoms with van der Waals surface area (Å²) in [6.45, 7) is 0.186. The summed E-state index contributed by atoms with van der Waals surface area (Å²) >= 11 is 12.1. The first-order valence-electron chi connectivity index (χ1n) is 9.00. The number of anilines is 1. The summed E-state index contributed by atoms with van der Waals surface area (Å²) in [5.41, 5.74) is 1.59. The number of carbonyl (C=O) groups is 1. The molecule has 29 heavy (non-hydrogen) atoms. The molecule has 0 spiro atoms. The molecule has 3 aromatic rings. The van der Waals surface area contributed by atoms with E-state index in [9.17, 15) is 4.79 Å². The number of rotatable bonds is 4. The van der Waals surface area contributed by atoms with Gasteiger partial charge in [-0.1, -0.05) is 35.3 Å². The number of benzene rings is 3. The van der Waals surface area contributed by atoms with Gasteiger partial charge in [0.2, 0.25) is 12.9 Å². The SMILES string of the molecule is O=C1[C@H](Oc2ccc(Cl)cc2)[C@H](c2ccc3c(c2)OCO3)N1c1cccc(Cl)c1. The van der Waals surface area contributed by atoms with Crippen molar-refractivity contribution in [1.29, 1.82) is 0 Å². The van der Waals surface area contributed by atoms with Crippen molar-refractivity contribution >= 4 is 34.8 Å². The van der Waals surface area contributed by atoms with Crippen LogP contribution < -0.4 is 19.1 Å². The van der Waals surface area contributed by atoms with Gasteiger partial charge in [-0.15, -0.1) is 0 Å². The zero-order valence-electron chi connectivity index (χ0n) is 15.0. The van der Waals surface area contributed by atoms with Gasteiger partial charge in [0, 0.05) is 15.7 Å². The van der Waals surface area contributed by atoms with Crippen LogP contribution in [0.4, 0.5) is 5.69 Å². The van der Waals surface area contributed by atoms with Gasteiger partial charge in [-0.25, -0.2) is 0 Å². The number of hydrogen-bond donors (Lipinski definition) is 0. The lowest BCUT2D eigenvalue weighted by Crippen LogP contribution is -2.61. The smallest absolute Gasteiger partial charge is 0.271 e. The number of hydrogen-bond acceptors (Lipinski definition) is 4. The van der Waals surface area contributed by atoms with E-state index in [0.29, 0.717) is 33.0 Å². The maximum atomic E-state index is 13.0. The average molecular weight is 428 g/mol. The second kappa shape index (κ2) is 7.17. The Morgan fingerprint density at radius 2 is 1.69 bits per heavy atom. The van der Waals surface area contributed by atoms with E-state index in [-0.39, 0.29) is 18.7 Å². The Labute approximate surface area is 177 Å². The first-order valence-corrected chi connectivity index (χ1v) is 9.76. The van der Waals surface area contributed by atoms with Crippen LogP contribution >= 0.6 is 23.2 Å². The predicted molar refractivity (Wildman–Crippen MR) is 110 cm³/mol. The Bertz CT molecular complexity index is 1090. The zero-order valence-corrected chi connectivity index (χ0v) is 16.6. The van der Waals surface area contributed by atoms with Gasteiger partial charge in [0.25, 0.3) is 5.91 Å². The molecule has 146 valence electrons. The largest absolute Gasteiger partial charge is 0.478 e. The average Bonchev–Trinajstić information content (AvgIpc) is 3.19. The third-order valence-corrected chi connectivity index (χ3v) is 5.43. The third-order valence-electron chi connectivity index (χ3n) is 4.95. The Hall–Kier alpha value is -2.89. The zero-order chi connectivity index (χ0) is 20.0. The molecule has 2 aliphatic rings. The molecular weight excluding hydrogens is 413 g/mol. The standard InChI is InChI=1S/C22H15Cl2NO4/c23-14-5-7-17(8-6-14)29-21-20(13-4-9-18-19(10-13)28-12-27-18)25(22(21)26)16-3-1-2-15(24)11-16/h1-11,20-21H,12H2/t20-,21+/m0/s1. The van der Waals surface area contributed by atoms with E-state index in [2.05, 4.69) is 0 Å². The molecule has 0 aliphatic carbocycles. The van der Waals surface area contributed by atoms with Crippen LogP contribution in [0.1, 0.15) is 11.6 Å². The van der Waals surface area contributed by atoms with Crippen LogP contribution in [0.2, 0.25) is 10.0 Å². The van der Waals surface area contributed by atoms with Gasteiger partial charge >= 0.3 is 0 Å². The Kier molecular flexibility index (Phi) is 4.49. The van der Waals surface area contributed by atoms with E-state index in [1.165, 1.54) is 0 Å². The fourth-order valence-electron chi connectivity index (χ4n) is 3.57. The molecule has 3 aromatic carbocycles. The number of ether oxygens (including phenoxy) is 3. The lowest BCUT2D eigenvalue weighted by atomic mass is 9.89. The number of carbonyl (C=O) groups excluding carboxylic acids is 1. The Balaban J connectivity index is 1.52. The second-order valence-electron chi connectivity index (χ2n) is 6.74. The summed E-state index contributed by atoms with van der Waals surface area (Å²) < 4.78 is 16.9. The Morgan fingerprint density at radius 3 is 2.48 bits per heavy atom. The van der Waals surface area contributed by atoms with Gasteiger partial charge in [0.05, 0.1) is 0 Å². The molecule has 0 saturated carbocycles. The van der Waals surface area contributed by atoms with Gasteiger partial charge in [0.15, 0.2) is 11.5 Å². The highest BCUT2D eigenvalue weighted by Gasteiger charge is 2.51. The minimum absolute atomic E-state index is 0.148. The first-order chi connectivity index (χ1) is 14.1. The quantitative estimate of drug-likeness (QED) is 0.532. The summed E-state index contributed by atoms with van der Waals surface area (Å²) in [4.78, 5) is 14.7. The number of halogens is 2. The van der Waals surface area contributed by atoms with Gasteiger partial charge in [-0.05, 0) is 60.2 Å². The molecule has 0 bridgehead atoms. The number of amides is 1. The summed E-state index contributed by atoms with van der Waals surface area (Å²) in [6.07, 6.45) is -0.685. The van der Waals surface area contributed by atoms with Gasteiger partial charge in [-0.3, -0.25) is 9.69 Å². The van der Waals surface area contributed by atoms with Crippen LogP contribution in [0, 0.1) is 0 Å². The van der Waals surface area contributed by atoms with Crippen LogP contribution in [0.5, 0.6) is 17.2 Å². The fourth-order valence-corrected chi connectivity index (χ4v) is 3.88. The molecule has 2 atom stereocenters. The van der Waals surface area contributed by atoms with Gasteiger partial charge in [-0.2, -0.15) is 0 Å². The minimum atomic E-state index is -0.685. The van der Waals surface area contributed by atoms with Crippen molar-refractivity contribution in [3.63, 3.8) is 0 Å². The van der Waals surface area contributed by atoms with E-state index in [1.807, 2.05) is 30.3 Å². The van der Waals surface area contributed by atoms with Gasteiger partial charge < -0.3 is 14.2 Å². The topological polar surface area (TPSA) is 48.0 Å². The van der Waals surface area contributed by atoms with Crippen LogP contribution in [-0.2, 0) is 4.79 Å². The summed E-state index contributed by atoms with van der Waals surface area (Å²) in [6, 6.07) is 19.4. The molecule has 1 fully saturated rings. The van der Waals surface area contributed by atoms with Gasteiger partial charge in [0.1, 0.15) is 11.8 Å². The lowest BCUT2D eigenvalue weighted by Gasteiger charge is -2.46. The summed E-state index contributed by atoms with van der Waals surface area (Å²) in [7, 11) is 0. The Morgan fingerprint density at radius 1 is 0.897 bits per heavy atom. The van der Waals surface area contributed by atoms with Crippen molar-refractivity contribution in [2.45, 2.75) is 12.1 Å². The molecule has 0 N–H and O–H groups in total. The van der Waals surface area contributed by atoms with Crippen molar-refractivity contribution < 1.29 is 19.0 Å². The normalized spacial score (nSPS) is 19.8. The third kappa shape index (κ3) is 3.26. The molecule has 5 rings (SSSR count). The molecule has 0 radical (unpaired) electrons. The van der Waals surface area contributed by atoms with Crippen molar-refractivity contribution in [2.24, 2.45) is 0 Å². The summed E-state index contributed by atoms with van der Waals surface area (Å²) in [5, 5.41) is 1.16. The molecule has 2 heterocycles. The van der Waals surface area contributed by atoms with Crippen molar-refractivity contribution in [1.82, 2.24) is 0 Å². The highest BCUT2D eigenvalue weighted by Crippen LogP contribution is 2.44. The molecule has 2 aliphatic heterocycles.